The highest BCUT2D eigenvalue weighted by Crippen LogP contribution is 2.27. The van der Waals surface area contributed by atoms with Gasteiger partial charge in [-0.1, -0.05) is 26.2 Å². The second-order valence-corrected chi connectivity index (χ2v) is 5.88. The minimum atomic E-state index is -0.697. The molecule has 4 nitrogen and oxygen atoms in total. The summed E-state index contributed by atoms with van der Waals surface area (Å²) >= 11 is 0. The lowest BCUT2D eigenvalue weighted by Gasteiger charge is -2.35. The molecule has 19 heavy (non-hydrogen) atoms. The Hall–Kier alpha value is -0.320. The van der Waals surface area contributed by atoms with Crippen molar-refractivity contribution in [3.8, 4) is 0 Å². The quantitative estimate of drug-likeness (QED) is 0.835. The smallest absolute Gasteiger partial charge is 0.240 e. The Morgan fingerprint density at radius 1 is 1.37 bits per heavy atom. The first-order valence-corrected chi connectivity index (χ1v) is 7.31. The molecule has 2 atom stereocenters. The number of rotatable bonds is 3. The van der Waals surface area contributed by atoms with E-state index in [1.54, 1.807) is 0 Å². The number of nitrogens with one attached hydrogen (secondary N) is 1. The van der Waals surface area contributed by atoms with Gasteiger partial charge in [0.1, 0.15) is 0 Å². The Labute approximate surface area is 122 Å². The van der Waals surface area contributed by atoms with Crippen LogP contribution >= 0.6 is 12.4 Å². The van der Waals surface area contributed by atoms with Gasteiger partial charge in [0.15, 0.2) is 0 Å². The minimum Gasteiger partial charge on any atom is -0.381 e. The van der Waals surface area contributed by atoms with E-state index in [-0.39, 0.29) is 18.3 Å². The van der Waals surface area contributed by atoms with Crippen LogP contribution in [0.5, 0.6) is 0 Å². The molecule has 0 aromatic heterocycles. The maximum atomic E-state index is 12.3. The van der Waals surface area contributed by atoms with Crippen molar-refractivity contribution in [3.63, 3.8) is 0 Å². The summed E-state index contributed by atoms with van der Waals surface area (Å²) in [6, 6.07) is 0.333. The number of carbonyl (C=O) groups excluding carboxylic acids is 1. The molecule has 3 N–H and O–H groups in total. The summed E-state index contributed by atoms with van der Waals surface area (Å²) in [6.07, 6.45) is 7.26. The van der Waals surface area contributed by atoms with E-state index in [4.69, 9.17) is 10.5 Å². The number of amides is 1. The number of ether oxygens (including phenoxy) is 1. The fraction of sp³-hybridized carbons (Fsp3) is 0.929. The van der Waals surface area contributed by atoms with Gasteiger partial charge in [0.25, 0.3) is 0 Å². The first-order valence-electron chi connectivity index (χ1n) is 7.31. The monoisotopic (exact) mass is 290 g/mol. The first-order chi connectivity index (χ1) is 8.64. The molecule has 0 radical (unpaired) electrons. The summed E-state index contributed by atoms with van der Waals surface area (Å²) in [4.78, 5) is 12.3. The third-order valence-corrected chi connectivity index (χ3v) is 4.53. The van der Waals surface area contributed by atoms with Gasteiger partial charge in [-0.3, -0.25) is 4.79 Å². The number of nitrogens with two attached hydrogens (primary N) is 1. The van der Waals surface area contributed by atoms with Gasteiger partial charge in [-0.05, 0) is 31.6 Å². The Morgan fingerprint density at radius 3 is 2.68 bits per heavy atom. The van der Waals surface area contributed by atoms with Gasteiger partial charge < -0.3 is 15.8 Å². The Morgan fingerprint density at radius 2 is 2.05 bits per heavy atom. The van der Waals surface area contributed by atoms with Gasteiger partial charge in [0.2, 0.25) is 5.91 Å². The molecular weight excluding hydrogens is 264 g/mol. The van der Waals surface area contributed by atoms with Crippen molar-refractivity contribution < 1.29 is 9.53 Å². The van der Waals surface area contributed by atoms with Gasteiger partial charge in [0, 0.05) is 19.3 Å². The molecule has 1 aliphatic heterocycles. The zero-order valence-electron chi connectivity index (χ0n) is 11.8. The standard InChI is InChI=1S/C14H26N2O2.ClH/c1-2-11-4-3-5-12(10-11)16-13(17)14(15)6-8-18-9-7-14;/h11-12H,2-10,15H2,1H3,(H,16,17);1H. The van der Waals surface area contributed by atoms with Gasteiger partial charge in [-0.25, -0.2) is 0 Å². The van der Waals surface area contributed by atoms with E-state index in [9.17, 15) is 4.79 Å². The molecule has 2 aliphatic rings. The van der Waals surface area contributed by atoms with Crippen LogP contribution in [0.4, 0.5) is 0 Å². The molecule has 2 rings (SSSR count). The van der Waals surface area contributed by atoms with E-state index >= 15 is 0 Å². The van der Waals surface area contributed by atoms with Crippen LogP contribution in [0, 0.1) is 5.92 Å². The fourth-order valence-corrected chi connectivity index (χ4v) is 3.08. The third kappa shape index (κ3) is 4.33. The van der Waals surface area contributed by atoms with Crippen molar-refractivity contribution in [2.45, 2.75) is 63.5 Å². The SMILES string of the molecule is CCC1CCCC(NC(=O)C2(N)CCOCC2)C1.Cl. The average Bonchev–Trinajstić information content (AvgIpc) is 2.40. The summed E-state index contributed by atoms with van der Waals surface area (Å²) in [7, 11) is 0. The molecule has 1 heterocycles. The van der Waals surface area contributed by atoms with Gasteiger partial charge >= 0.3 is 0 Å². The van der Waals surface area contributed by atoms with Crippen molar-refractivity contribution in [2.24, 2.45) is 11.7 Å². The fourth-order valence-electron chi connectivity index (χ4n) is 3.08. The molecule has 0 aromatic carbocycles. The second-order valence-electron chi connectivity index (χ2n) is 5.88. The summed E-state index contributed by atoms with van der Waals surface area (Å²) < 4.78 is 5.28. The number of carbonyl (C=O) groups is 1. The van der Waals surface area contributed by atoms with Crippen LogP contribution in [0.25, 0.3) is 0 Å². The predicted molar refractivity (Wildman–Crippen MR) is 78.4 cm³/mol. The molecule has 2 fully saturated rings. The lowest BCUT2D eigenvalue weighted by Crippen LogP contribution is -2.59. The third-order valence-electron chi connectivity index (χ3n) is 4.53. The highest BCUT2D eigenvalue weighted by Gasteiger charge is 2.37. The number of halogens is 1. The van der Waals surface area contributed by atoms with E-state index < -0.39 is 5.54 Å². The first kappa shape index (κ1) is 16.7. The number of hydrogen-bond donors (Lipinski definition) is 2. The van der Waals surface area contributed by atoms with Gasteiger partial charge in [-0.15, -0.1) is 12.4 Å². The average molecular weight is 291 g/mol. The summed E-state index contributed by atoms with van der Waals surface area (Å²) in [6.45, 7) is 3.44. The van der Waals surface area contributed by atoms with Crippen LogP contribution in [-0.4, -0.2) is 30.7 Å². The Balaban J connectivity index is 0.00000180. The van der Waals surface area contributed by atoms with Crippen LogP contribution in [0.15, 0.2) is 0 Å². The minimum absolute atomic E-state index is 0. The molecule has 1 saturated carbocycles. The molecule has 0 spiro atoms. The lowest BCUT2D eigenvalue weighted by molar-refractivity contribution is -0.130. The van der Waals surface area contributed by atoms with Crippen LogP contribution in [0.3, 0.4) is 0 Å². The molecule has 2 unspecified atom stereocenters. The van der Waals surface area contributed by atoms with Crippen LogP contribution in [0.1, 0.15) is 51.9 Å². The molecule has 1 saturated heterocycles. The second kappa shape index (κ2) is 7.46. The zero-order valence-corrected chi connectivity index (χ0v) is 12.6. The highest BCUT2D eigenvalue weighted by atomic mass is 35.5. The molecular formula is C14H27ClN2O2. The predicted octanol–water partition coefficient (Wildman–Crippen LogP) is 2.00. The van der Waals surface area contributed by atoms with Crippen LogP contribution in [0.2, 0.25) is 0 Å². The van der Waals surface area contributed by atoms with E-state index in [2.05, 4.69) is 12.2 Å². The van der Waals surface area contributed by atoms with Gasteiger partial charge in [0.05, 0.1) is 5.54 Å². The van der Waals surface area contributed by atoms with Crippen molar-refractivity contribution in [3.05, 3.63) is 0 Å². The highest BCUT2D eigenvalue weighted by molar-refractivity contribution is 5.86. The van der Waals surface area contributed by atoms with Crippen LogP contribution < -0.4 is 11.1 Å². The van der Waals surface area contributed by atoms with E-state index in [1.807, 2.05) is 0 Å². The topological polar surface area (TPSA) is 64.4 Å². The molecule has 0 aromatic rings. The molecule has 1 amide bonds. The molecule has 0 bridgehead atoms. The molecule has 112 valence electrons. The van der Waals surface area contributed by atoms with Crippen LogP contribution in [-0.2, 0) is 9.53 Å². The van der Waals surface area contributed by atoms with Crippen molar-refractivity contribution in [1.82, 2.24) is 5.32 Å². The maximum Gasteiger partial charge on any atom is 0.240 e. The largest absolute Gasteiger partial charge is 0.381 e. The van der Waals surface area contributed by atoms with E-state index in [0.29, 0.717) is 32.1 Å². The Bertz CT molecular complexity index is 293. The summed E-state index contributed by atoms with van der Waals surface area (Å²) in [5.41, 5.74) is 5.50. The van der Waals surface area contributed by atoms with Crippen molar-refractivity contribution >= 4 is 18.3 Å². The normalized spacial score (nSPS) is 30.2. The summed E-state index contributed by atoms with van der Waals surface area (Å²) in [5.74, 6) is 0.806. The number of hydrogen-bond acceptors (Lipinski definition) is 3. The van der Waals surface area contributed by atoms with E-state index in [1.165, 1.54) is 19.3 Å². The zero-order chi connectivity index (χ0) is 13.0. The molecule has 5 heteroatoms. The summed E-state index contributed by atoms with van der Waals surface area (Å²) in [5, 5.41) is 3.17. The van der Waals surface area contributed by atoms with Gasteiger partial charge in [-0.2, -0.15) is 0 Å². The Kier molecular flexibility index (Phi) is 6.57. The van der Waals surface area contributed by atoms with Crippen molar-refractivity contribution in [2.75, 3.05) is 13.2 Å². The molecule has 1 aliphatic carbocycles. The maximum absolute atomic E-state index is 12.3. The van der Waals surface area contributed by atoms with E-state index in [0.717, 1.165) is 18.8 Å². The lowest BCUT2D eigenvalue weighted by atomic mass is 9.83. The van der Waals surface area contributed by atoms with Crippen molar-refractivity contribution in [1.29, 1.82) is 0 Å².